The number of aromatic nitrogens is 2. The lowest BCUT2D eigenvalue weighted by Gasteiger charge is -2.42. The van der Waals surface area contributed by atoms with Crippen molar-refractivity contribution in [3.63, 3.8) is 0 Å². The molecule has 46 heavy (non-hydrogen) atoms. The van der Waals surface area contributed by atoms with E-state index >= 15 is 0 Å². The molecule has 1 aromatic heterocycles. The van der Waals surface area contributed by atoms with Gasteiger partial charge in [0.05, 0.1) is 47.0 Å². The predicted molar refractivity (Wildman–Crippen MR) is 170 cm³/mol. The molecular weight excluding hydrogens is 621 g/mol. The van der Waals surface area contributed by atoms with E-state index in [1.165, 1.54) is 18.2 Å². The minimum atomic E-state index is -4.62. The van der Waals surface area contributed by atoms with Crippen LogP contribution in [0.2, 0.25) is 5.02 Å². The Hall–Kier alpha value is -3.60. The third-order valence-corrected chi connectivity index (χ3v) is 9.15. The van der Waals surface area contributed by atoms with E-state index in [0.29, 0.717) is 57.3 Å². The average molecular weight is 661 g/mol. The third kappa shape index (κ3) is 7.67. The third-order valence-electron chi connectivity index (χ3n) is 8.84. The Morgan fingerprint density at radius 1 is 1.17 bits per heavy atom. The summed E-state index contributed by atoms with van der Waals surface area (Å²) < 4.78 is 48.4. The Kier molecular flexibility index (Phi) is 10.6. The van der Waals surface area contributed by atoms with Gasteiger partial charge in [0.25, 0.3) is 0 Å². The van der Waals surface area contributed by atoms with Crippen LogP contribution >= 0.6 is 11.6 Å². The van der Waals surface area contributed by atoms with Crippen molar-refractivity contribution in [2.45, 2.75) is 50.5 Å². The molecule has 0 saturated carbocycles. The molecule has 2 saturated heterocycles. The fourth-order valence-corrected chi connectivity index (χ4v) is 6.69. The van der Waals surface area contributed by atoms with E-state index in [9.17, 15) is 23.2 Å². The molecule has 0 spiro atoms. The quantitative estimate of drug-likeness (QED) is 0.367. The number of rotatable bonds is 9. The highest BCUT2D eigenvalue weighted by molar-refractivity contribution is 6.31. The van der Waals surface area contributed by atoms with Gasteiger partial charge in [0.1, 0.15) is 12.4 Å². The van der Waals surface area contributed by atoms with Crippen LogP contribution in [0.4, 0.5) is 24.7 Å². The zero-order valence-corrected chi connectivity index (χ0v) is 27.2. The van der Waals surface area contributed by atoms with Crippen LogP contribution in [0, 0.1) is 11.3 Å². The molecule has 1 aromatic carbocycles. The minimum Gasteiger partial charge on any atom is -0.462 e. The van der Waals surface area contributed by atoms with Crippen molar-refractivity contribution in [2.75, 3.05) is 76.8 Å². The molecule has 2 unspecified atom stereocenters. The normalized spacial score (nSPS) is 20.8. The minimum absolute atomic E-state index is 0.00407. The fraction of sp³-hybridized carbons (Fsp3) is 0.562. The molecule has 14 heteroatoms. The Balaban J connectivity index is 1.45. The lowest BCUT2D eigenvalue weighted by Crippen LogP contribution is -2.55. The van der Waals surface area contributed by atoms with Gasteiger partial charge in [0.15, 0.2) is 0 Å². The lowest BCUT2D eigenvalue weighted by atomic mass is 10.0. The van der Waals surface area contributed by atoms with Crippen LogP contribution in [0.3, 0.4) is 0 Å². The summed E-state index contributed by atoms with van der Waals surface area (Å²) in [5.74, 6) is 0.494. The number of halogens is 4. The van der Waals surface area contributed by atoms with E-state index in [1.807, 2.05) is 26.0 Å². The number of nitriles is 1. The Bertz CT molecular complexity index is 1480. The molecule has 3 aliphatic rings. The molecule has 2 aromatic rings. The van der Waals surface area contributed by atoms with Gasteiger partial charge in [-0.25, -0.2) is 0 Å². The zero-order chi connectivity index (χ0) is 33.0. The summed E-state index contributed by atoms with van der Waals surface area (Å²) in [6.07, 6.45) is 1.35. The van der Waals surface area contributed by atoms with E-state index in [1.54, 1.807) is 22.0 Å². The first-order valence-corrected chi connectivity index (χ1v) is 15.9. The number of anilines is 2. The van der Waals surface area contributed by atoms with Crippen LogP contribution in [0.1, 0.15) is 36.1 Å². The number of benzene rings is 1. The van der Waals surface area contributed by atoms with Crippen molar-refractivity contribution < 1.29 is 22.7 Å². The van der Waals surface area contributed by atoms with Gasteiger partial charge in [-0.1, -0.05) is 23.7 Å². The highest BCUT2D eigenvalue weighted by Crippen LogP contribution is 2.43. The average Bonchev–Trinajstić information content (AvgIpc) is 3.42. The smallest absolute Gasteiger partial charge is 0.419 e. The van der Waals surface area contributed by atoms with E-state index in [0.717, 1.165) is 24.9 Å². The first-order chi connectivity index (χ1) is 22.0. The largest absolute Gasteiger partial charge is 0.462 e. The monoisotopic (exact) mass is 660 g/mol. The second kappa shape index (κ2) is 14.4. The van der Waals surface area contributed by atoms with Crippen LogP contribution in [0.5, 0.6) is 6.01 Å². The Labute approximate surface area is 273 Å². The molecular formula is C32H40ClF3N8O2. The number of ether oxygens (including phenoxy) is 1. The number of amides is 1. The zero-order valence-electron chi connectivity index (χ0n) is 26.4. The molecule has 5 rings (SSSR count). The second-order valence-corrected chi connectivity index (χ2v) is 12.7. The van der Waals surface area contributed by atoms with Crippen molar-refractivity contribution >= 4 is 29.0 Å². The summed E-state index contributed by atoms with van der Waals surface area (Å²) in [6, 6.07) is 6.45. The van der Waals surface area contributed by atoms with E-state index < -0.39 is 11.7 Å². The highest BCUT2D eigenvalue weighted by Gasteiger charge is 2.39. The van der Waals surface area contributed by atoms with Crippen molar-refractivity contribution in [1.82, 2.24) is 24.7 Å². The molecule has 0 N–H and O–H groups in total. The van der Waals surface area contributed by atoms with Crippen molar-refractivity contribution in [3.05, 3.63) is 52.2 Å². The maximum atomic E-state index is 14.1. The molecule has 2 atom stereocenters. The van der Waals surface area contributed by atoms with Crippen LogP contribution in [0.15, 0.2) is 30.4 Å². The van der Waals surface area contributed by atoms with Gasteiger partial charge in [-0.05, 0) is 59.1 Å². The van der Waals surface area contributed by atoms with Gasteiger partial charge in [-0.2, -0.15) is 28.4 Å². The van der Waals surface area contributed by atoms with Gasteiger partial charge >= 0.3 is 12.2 Å². The first-order valence-electron chi connectivity index (χ1n) is 15.5. The van der Waals surface area contributed by atoms with Gasteiger partial charge < -0.3 is 29.2 Å². The Morgan fingerprint density at radius 3 is 2.67 bits per heavy atom. The predicted octanol–water partition coefficient (Wildman–Crippen LogP) is 4.23. The number of alkyl halides is 3. The first kappa shape index (κ1) is 33.8. The molecule has 4 heterocycles. The van der Waals surface area contributed by atoms with Crippen LogP contribution in [0.25, 0.3) is 0 Å². The molecule has 0 bridgehead atoms. The molecule has 3 aliphatic heterocycles. The van der Waals surface area contributed by atoms with Crippen LogP contribution in [-0.4, -0.2) is 110 Å². The van der Waals surface area contributed by atoms with Gasteiger partial charge in [0.2, 0.25) is 5.91 Å². The molecule has 248 valence electrons. The van der Waals surface area contributed by atoms with Gasteiger partial charge in [-0.3, -0.25) is 4.79 Å². The summed E-state index contributed by atoms with van der Waals surface area (Å²) >= 11 is 6.06. The summed E-state index contributed by atoms with van der Waals surface area (Å²) in [7, 11) is 5.89. The maximum Gasteiger partial charge on any atom is 0.419 e. The van der Waals surface area contributed by atoms with E-state index in [4.69, 9.17) is 26.3 Å². The number of hydrogen-bond acceptors (Lipinski definition) is 9. The number of likely N-dealkylation sites (N-methyl/N-ethyl adjacent to an activating group) is 2. The van der Waals surface area contributed by atoms with Gasteiger partial charge in [0, 0.05) is 50.4 Å². The summed E-state index contributed by atoms with van der Waals surface area (Å²) in [6.45, 7) is 3.66. The topological polar surface area (TPSA) is 92.1 Å². The van der Waals surface area contributed by atoms with Crippen molar-refractivity contribution in [3.8, 4) is 12.1 Å². The highest BCUT2D eigenvalue weighted by atomic mass is 35.5. The molecule has 2 fully saturated rings. The molecule has 0 radical (unpaired) electrons. The Morgan fingerprint density at radius 2 is 1.98 bits per heavy atom. The molecule has 10 nitrogen and oxygen atoms in total. The van der Waals surface area contributed by atoms with E-state index in [-0.39, 0.29) is 47.7 Å². The number of nitrogens with zero attached hydrogens (tertiary/aromatic N) is 8. The summed E-state index contributed by atoms with van der Waals surface area (Å²) in [5.41, 5.74) is 0.555. The van der Waals surface area contributed by atoms with Crippen LogP contribution < -0.4 is 14.5 Å². The maximum absolute atomic E-state index is 14.1. The summed E-state index contributed by atoms with van der Waals surface area (Å²) in [4.78, 5) is 32.3. The number of piperazine rings is 1. The molecule has 0 aliphatic carbocycles. The number of likely N-dealkylation sites (tertiary alicyclic amines) is 1. The standard InChI is InChI=1S/C32H40ClF3N8O2/c1-40(2)14-6-10-28(45)44-18-17-43(19-22(44)11-13-37)30-24-12-16-42(27-9-4-8-25(33)29(27)32(34,35)36)20-26(24)38-31(39-30)46-21-23-7-5-15-41(23)3/h4,6,8-10,22-23H,5,7,11-12,14-21H2,1-3H3/b10-6+. The van der Waals surface area contributed by atoms with Crippen LogP contribution in [-0.2, 0) is 23.9 Å². The SMILES string of the molecule is CN(C)C/C=C/C(=O)N1CCN(c2nc(OCC3CCCN3C)nc3c2CCN(c2cccc(Cl)c2C(F)(F)F)C3)CC1CC#N. The van der Waals surface area contributed by atoms with Crippen molar-refractivity contribution in [1.29, 1.82) is 5.26 Å². The summed E-state index contributed by atoms with van der Waals surface area (Å²) in [5, 5.41) is 9.27. The van der Waals surface area contributed by atoms with E-state index in [2.05, 4.69) is 15.9 Å². The number of carbonyl (C=O) groups excluding carboxylic acids is 1. The molecule has 1 amide bonds. The van der Waals surface area contributed by atoms with Gasteiger partial charge in [-0.15, -0.1) is 0 Å². The fourth-order valence-electron chi connectivity index (χ4n) is 6.42. The number of hydrogen-bond donors (Lipinski definition) is 0. The number of fused-ring (bicyclic) bond motifs is 1. The van der Waals surface area contributed by atoms with Crippen molar-refractivity contribution in [2.24, 2.45) is 0 Å². The number of carbonyl (C=O) groups is 1. The second-order valence-electron chi connectivity index (χ2n) is 12.3. The lowest BCUT2D eigenvalue weighted by molar-refractivity contribution is -0.137.